The van der Waals surface area contributed by atoms with Crippen LogP contribution in [0.25, 0.3) is 0 Å². The Morgan fingerprint density at radius 3 is 2.81 bits per heavy atom. The highest BCUT2D eigenvalue weighted by molar-refractivity contribution is 5.60. The lowest BCUT2D eigenvalue weighted by Gasteiger charge is -2.26. The van der Waals surface area contributed by atoms with E-state index in [2.05, 4.69) is 0 Å². The number of ether oxygens (including phenoxy) is 1. The highest BCUT2D eigenvalue weighted by Gasteiger charge is 2.50. The van der Waals surface area contributed by atoms with Gasteiger partial charge in [0.15, 0.2) is 0 Å². The molecule has 2 aliphatic carbocycles. The van der Waals surface area contributed by atoms with E-state index >= 15 is 0 Å². The van der Waals surface area contributed by atoms with E-state index in [9.17, 15) is 14.9 Å². The minimum Gasteiger partial charge on any atom is -0.310 e. The molecule has 0 radical (unpaired) electrons. The molecule has 0 N–H and O–H groups in total. The maximum absolute atomic E-state index is 11.1. The van der Waals surface area contributed by atoms with Gasteiger partial charge in [0, 0.05) is 6.08 Å². The van der Waals surface area contributed by atoms with Crippen molar-refractivity contribution < 1.29 is 14.5 Å². The van der Waals surface area contributed by atoms with Crippen LogP contribution in [0.15, 0.2) is 24.3 Å². The Kier molecular flexibility index (Phi) is 2.87. The predicted molar refractivity (Wildman–Crippen MR) is 56.2 cm³/mol. The first-order valence-electron chi connectivity index (χ1n) is 5.29. The van der Waals surface area contributed by atoms with Gasteiger partial charge in [-0.3, -0.25) is 10.1 Å². The normalized spacial score (nSPS) is 32.6. The minimum atomic E-state index is -1.70. The molecule has 0 aliphatic heterocycles. The van der Waals surface area contributed by atoms with Gasteiger partial charge in [0.2, 0.25) is 0 Å². The lowest BCUT2D eigenvalue weighted by Crippen LogP contribution is -2.47. The zero-order chi connectivity index (χ0) is 11.6. The molecular weight excluding hydrogens is 210 g/mol. The van der Waals surface area contributed by atoms with Gasteiger partial charge in [0.05, 0.1) is 11.5 Å². The molecule has 0 aromatic carbocycles. The van der Waals surface area contributed by atoms with Crippen LogP contribution >= 0.6 is 0 Å². The summed E-state index contributed by atoms with van der Waals surface area (Å²) >= 11 is 0. The molecule has 0 amide bonds. The number of rotatable bonds is 5. The maximum Gasteiger partial charge on any atom is 0.357 e. The van der Waals surface area contributed by atoms with Crippen LogP contribution in [-0.4, -0.2) is 23.5 Å². The van der Waals surface area contributed by atoms with E-state index in [0.29, 0.717) is 18.8 Å². The molecule has 0 aromatic rings. The van der Waals surface area contributed by atoms with Gasteiger partial charge < -0.3 is 9.53 Å². The lowest BCUT2D eigenvalue weighted by molar-refractivity contribution is -0.619. The number of carbonyl (C=O) groups excluding carboxylic acids is 1. The molecule has 2 aliphatic rings. The molecule has 1 saturated carbocycles. The molecule has 2 atom stereocenters. The monoisotopic (exact) mass is 223 g/mol. The smallest absolute Gasteiger partial charge is 0.310 e. The molecule has 2 rings (SSSR count). The Morgan fingerprint density at radius 2 is 2.25 bits per heavy atom. The van der Waals surface area contributed by atoms with Crippen molar-refractivity contribution in [1.29, 1.82) is 0 Å². The summed E-state index contributed by atoms with van der Waals surface area (Å²) in [5, 5.41) is 11.1. The second-order valence-electron chi connectivity index (χ2n) is 4.17. The molecule has 0 spiro atoms. The molecular formula is C11H13NO4. The van der Waals surface area contributed by atoms with Crippen LogP contribution < -0.4 is 0 Å². The fourth-order valence-electron chi connectivity index (χ4n) is 1.68. The van der Waals surface area contributed by atoms with E-state index in [-0.39, 0.29) is 0 Å². The average molecular weight is 223 g/mol. The Bertz CT molecular complexity index is 359. The first-order chi connectivity index (χ1) is 7.69. The summed E-state index contributed by atoms with van der Waals surface area (Å²) in [5.74, 6) is -0.422. The largest absolute Gasteiger partial charge is 0.357 e. The van der Waals surface area contributed by atoms with Gasteiger partial charge in [-0.1, -0.05) is 18.2 Å². The zero-order valence-electron chi connectivity index (χ0n) is 8.74. The topological polar surface area (TPSA) is 69.4 Å². The summed E-state index contributed by atoms with van der Waals surface area (Å²) in [6, 6.07) is 0. The quantitative estimate of drug-likeness (QED) is 0.305. The highest BCUT2D eigenvalue weighted by Crippen LogP contribution is 2.34. The highest BCUT2D eigenvalue weighted by atomic mass is 16.7. The van der Waals surface area contributed by atoms with Crippen LogP contribution in [0.5, 0.6) is 0 Å². The van der Waals surface area contributed by atoms with Crippen LogP contribution in [-0.2, 0) is 9.53 Å². The summed E-state index contributed by atoms with van der Waals surface area (Å²) in [4.78, 5) is 21.5. The Hall–Kier alpha value is -1.49. The van der Waals surface area contributed by atoms with Gasteiger partial charge in [0.25, 0.3) is 0 Å². The minimum absolute atomic E-state index is 0.351. The third-order valence-corrected chi connectivity index (χ3v) is 2.92. The summed E-state index contributed by atoms with van der Waals surface area (Å²) < 4.78 is 5.39. The number of hydrogen-bond acceptors (Lipinski definition) is 4. The van der Waals surface area contributed by atoms with Crippen LogP contribution in [0.1, 0.15) is 12.8 Å². The Labute approximate surface area is 92.9 Å². The first-order valence-corrected chi connectivity index (χ1v) is 5.29. The third kappa shape index (κ3) is 1.90. The fourth-order valence-corrected chi connectivity index (χ4v) is 1.68. The van der Waals surface area contributed by atoms with Crippen LogP contribution in [0, 0.1) is 22.0 Å². The van der Waals surface area contributed by atoms with Crippen molar-refractivity contribution >= 4 is 6.29 Å². The predicted octanol–water partition coefficient (Wildman–Crippen LogP) is 1.33. The Morgan fingerprint density at radius 1 is 1.50 bits per heavy atom. The standard InChI is InChI=1S/C11H13NO4/c13-7-10-3-1-2-6-11(10,12(14)15)16-8-9-4-5-9/h1-3,6-7,9-10H,4-5,8H2. The van der Waals surface area contributed by atoms with Crippen molar-refractivity contribution in [3.8, 4) is 0 Å². The van der Waals surface area contributed by atoms with E-state index < -0.39 is 16.6 Å². The summed E-state index contributed by atoms with van der Waals surface area (Å²) in [6.07, 6.45) is 8.71. The van der Waals surface area contributed by atoms with Gasteiger partial charge in [-0.15, -0.1) is 0 Å². The lowest BCUT2D eigenvalue weighted by atomic mass is 9.92. The van der Waals surface area contributed by atoms with E-state index in [1.807, 2.05) is 0 Å². The molecule has 0 aromatic heterocycles. The van der Waals surface area contributed by atoms with E-state index in [4.69, 9.17) is 4.74 Å². The third-order valence-electron chi connectivity index (χ3n) is 2.92. The second-order valence-corrected chi connectivity index (χ2v) is 4.17. The van der Waals surface area contributed by atoms with Crippen LogP contribution in [0.2, 0.25) is 0 Å². The fraction of sp³-hybridized carbons (Fsp3) is 0.545. The number of nitro groups is 1. The van der Waals surface area contributed by atoms with E-state index in [1.165, 1.54) is 12.2 Å². The molecule has 0 bridgehead atoms. The molecule has 0 saturated heterocycles. The number of nitrogens with zero attached hydrogens (tertiary/aromatic N) is 1. The Balaban J connectivity index is 2.17. The van der Waals surface area contributed by atoms with Gasteiger partial charge in [0.1, 0.15) is 12.2 Å². The first kappa shape index (κ1) is 11.0. The van der Waals surface area contributed by atoms with Crippen molar-refractivity contribution in [3.05, 3.63) is 34.4 Å². The van der Waals surface area contributed by atoms with E-state index in [1.54, 1.807) is 12.2 Å². The summed E-state index contributed by atoms with van der Waals surface area (Å²) in [6.45, 7) is 0.351. The van der Waals surface area contributed by atoms with Gasteiger partial charge in [-0.2, -0.15) is 0 Å². The summed E-state index contributed by atoms with van der Waals surface area (Å²) in [5.41, 5.74) is -1.70. The molecule has 0 heterocycles. The molecule has 2 unspecified atom stereocenters. The van der Waals surface area contributed by atoms with Gasteiger partial charge in [-0.05, 0) is 18.8 Å². The maximum atomic E-state index is 11.1. The van der Waals surface area contributed by atoms with Crippen molar-refractivity contribution in [2.24, 2.45) is 11.8 Å². The van der Waals surface area contributed by atoms with Crippen LogP contribution in [0.3, 0.4) is 0 Å². The van der Waals surface area contributed by atoms with Crippen molar-refractivity contribution in [1.82, 2.24) is 0 Å². The number of carbonyl (C=O) groups is 1. The van der Waals surface area contributed by atoms with Crippen molar-refractivity contribution in [3.63, 3.8) is 0 Å². The molecule has 16 heavy (non-hydrogen) atoms. The summed E-state index contributed by atoms with van der Waals surface area (Å²) in [7, 11) is 0. The average Bonchev–Trinajstić information content (AvgIpc) is 3.10. The second kappa shape index (κ2) is 4.17. The number of allylic oxidation sites excluding steroid dienone is 2. The van der Waals surface area contributed by atoms with Crippen molar-refractivity contribution in [2.45, 2.75) is 18.6 Å². The molecule has 5 heteroatoms. The number of hydrogen-bond donors (Lipinski definition) is 0. The van der Waals surface area contributed by atoms with Crippen LogP contribution in [0.4, 0.5) is 0 Å². The molecule has 86 valence electrons. The SMILES string of the molecule is O=CC1C=CC=CC1(OCC1CC1)[N+](=O)[O-]. The van der Waals surface area contributed by atoms with Gasteiger partial charge >= 0.3 is 5.72 Å². The number of aldehydes is 1. The van der Waals surface area contributed by atoms with Gasteiger partial charge in [-0.25, -0.2) is 0 Å². The van der Waals surface area contributed by atoms with Crippen molar-refractivity contribution in [2.75, 3.05) is 6.61 Å². The molecule has 5 nitrogen and oxygen atoms in total. The van der Waals surface area contributed by atoms with E-state index in [0.717, 1.165) is 12.8 Å². The molecule has 1 fully saturated rings. The zero-order valence-corrected chi connectivity index (χ0v) is 8.74.